The van der Waals surface area contributed by atoms with Crippen LogP contribution in [0.25, 0.3) is 0 Å². The molecule has 0 aromatic heterocycles. The van der Waals surface area contributed by atoms with Gasteiger partial charge in [-0.3, -0.25) is 0 Å². The fraction of sp³-hybridized carbons (Fsp3) is 1.00. The molecule has 0 aliphatic heterocycles. The van der Waals surface area contributed by atoms with Crippen molar-refractivity contribution in [2.75, 3.05) is 19.4 Å². The Morgan fingerprint density at radius 1 is 1.43 bits per heavy atom. The first-order valence-electron chi connectivity index (χ1n) is 5.33. The molecule has 3 atom stereocenters. The number of aliphatic hydroxyl groups excluding tert-OH is 2. The van der Waals surface area contributed by atoms with Gasteiger partial charge in [-0.1, -0.05) is 12.8 Å². The first-order valence-corrected chi connectivity index (χ1v) is 6.61. The van der Waals surface area contributed by atoms with Gasteiger partial charge in [0.05, 0.1) is 12.7 Å². The van der Waals surface area contributed by atoms with E-state index in [-0.39, 0.29) is 6.61 Å². The van der Waals surface area contributed by atoms with Crippen molar-refractivity contribution in [2.45, 2.75) is 43.1 Å². The zero-order valence-corrected chi connectivity index (χ0v) is 9.59. The predicted molar refractivity (Wildman–Crippen MR) is 60.7 cm³/mol. The van der Waals surface area contributed by atoms with E-state index in [1.807, 2.05) is 11.8 Å². The van der Waals surface area contributed by atoms with Gasteiger partial charge in [0.25, 0.3) is 0 Å². The number of hydrogen-bond acceptors (Lipinski definition) is 4. The van der Waals surface area contributed by atoms with Crippen LogP contribution in [-0.4, -0.2) is 47.0 Å². The standard InChI is InChI=1S/C10H21NO2S/c1-14-10-5-3-2-4-9(10)11-6-8(13)7-12/h8-13H,2-7H2,1H3/t8-,9?,10?/m0/s1. The maximum Gasteiger partial charge on any atom is 0.0895 e. The molecule has 0 spiro atoms. The van der Waals surface area contributed by atoms with Crippen LogP contribution in [0.1, 0.15) is 25.7 Å². The Hall–Kier alpha value is 0.230. The van der Waals surface area contributed by atoms with E-state index in [9.17, 15) is 5.11 Å². The topological polar surface area (TPSA) is 52.5 Å². The first kappa shape index (κ1) is 12.3. The van der Waals surface area contributed by atoms with Gasteiger partial charge in [-0.2, -0.15) is 11.8 Å². The molecule has 4 heteroatoms. The lowest BCUT2D eigenvalue weighted by atomic mass is 9.95. The lowest BCUT2D eigenvalue weighted by Gasteiger charge is -2.31. The van der Waals surface area contributed by atoms with Crippen molar-refractivity contribution < 1.29 is 10.2 Å². The van der Waals surface area contributed by atoms with Crippen LogP contribution in [0.4, 0.5) is 0 Å². The Balaban J connectivity index is 2.26. The van der Waals surface area contributed by atoms with E-state index >= 15 is 0 Å². The van der Waals surface area contributed by atoms with Crippen LogP contribution in [-0.2, 0) is 0 Å². The Labute approximate surface area is 90.3 Å². The van der Waals surface area contributed by atoms with E-state index in [2.05, 4.69) is 11.6 Å². The van der Waals surface area contributed by atoms with E-state index < -0.39 is 6.10 Å². The zero-order chi connectivity index (χ0) is 10.4. The fourth-order valence-corrected chi connectivity index (χ4v) is 2.93. The SMILES string of the molecule is CSC1CCCCC1NC[C@H](O)CO. The molecule has 0 aromatic rings. The Morgan fingerprint density at radius 3 is 2.79 bits per heavy atom. The van der Waals surface area contributed by atoms with Crippen LogP contribution in [0.3, 0.4) is 0 Å². The minimum atomic E-state index is -0.612. The van der Waals surface area contributed by atoms with Crippen molar-refractivity contribution in [3.8, 4) is 0 Å². The molecule has 0 amide bonds. The number of nitrogens with one attached hydrogen (secondary N) is 1. The second-order valence-corrected chi connectivity index (χ2v) is 4.99. The molecular weight excluding hydrogens is 198 g/mol. The Bertz CT molecular complexity index is 157. The Kier molecular flexibility index (Phi) is 5.86. The highest BCUT2D eigenvalue weighted by Gasteiger charge is 2.23. The molecule has 3 N–H and O–H groups in total. The summed E-state index contributed by atoms with van der Waals surface area (Å²) in [6.07, 6.45) is 6.61. The molecular formula is C10H21NO2S. The Morgan fingerprint density at radius 2 is 2.14 bits per heavy atom. The largest absolute Gasteiger partial charge is 0.394 e. The van der Waals surface area contributed by atoms with E-state index in [1.54, 1.807) is 0 Å². The second kappa shape index (κ2) is 6.67. The molecule has 2 unspecified atom stereocenters. The van der Waals surface area contributed by atoms with Crippen molar-refractivity contribution in [2.24, 2.45) is 0 Å². The van der Waals surface area contributed by atoms with E-state index in [1.165, 1.54) is 25.7 Å². The van der Waals surface area contributed by atoms with Crippen LogP contribution < -0.4 is 5.32 Å². The summed E-state index contributed by atoms with van der Waals surface area (Å²) in [5.74, 6) is 0. The minimum Gasteiger partial charge on any atom is -0.394 e. The maximum atomic E-state index is 9.23. The van der Waals surface area contributed by atoms with Crippen molar-refractivity contribution in [1.29, 1.82) is 0 Å². The summed E-state index contributed by atoms with van der Waals surface area (Å²) in [7, 11) is 0. The number of aliphatic hydroxyl groups is 2. The summed E-state index contributed by atoms with van der Waals surface area (Å²) >= 11 is 1.91. The normalized spacial score (nSPS) is 30.2. The van der Waals surface area contributed by atoms with Gasteiger partial charge in [-0.15, -0.1) is 0 Å². The molecule has 14 heavy (non-hydrogen) atoms. The summed E-state index contributed by atoms with van der Waals surface area (Å²) < 4.78 is 0. The van der Waals surface area contributed by atoms with Crippen LogP contribution in [0.5, 0.6) is 0 Å². The van der Waals surface area contributed by atoms with Gasteiger partial charge in [-0.05, 0) is 19.1 Å². The van der Waals surface area contributed by atoms with Gasteiger partial charge in [-0.25, -0.2) is 0 Å². The highest BCUT2D eigenvalue weighted by Crippen LogP contribution is 2.26. The summed E-state index contributed by atoms with van der Waals surface area (Å²) in [6.45, 7) is 0.363. The van der Waals surface area contributed by atoms with Crippen LogP contribution in [0.15, 0.2) is 0 Å². The van der Waals surface area contributed by atoms with Crippen molar-refractivity contribution >= 4 is 11.8 Å². The molecule has 1 aliphatic carbocycles. The van der Waals surface area contributed by atoms with E-state index in [0.717, 1.165) is 0 Å². The van der Waals surface area contributed by atoms with Gasteiger partial charge in [0.1, 0.15) is 0 Å². The van der Waals surface area contributed by atoms with Crippen molar-refractivity contribution in [3.63, 3.8) is 0 Å². The summed E-state index contributed by atoms with van der Waals surface area (Å²) in [4.78, 5) is 0. The molecule has 1 aliphatic rings. The molecule has 1 saturated carbocycles. The smallest absolute Gasteiger partial charge is 0.0895 e. The summed E-state index contributed by atoms with van der Waals surface area (Å²) in [5.41, 5.74) is 0. The molecule has 1 rings (SSSR count). The molecule has 0 bridgehead atoms. The first-order chi connectivity index (χ1) is 6.77. The van der Waals surface area contributed by atoms with Gasteiger partial charge in [0.2, 0.25) is 0 Å². The molecule has 0 radical (unpaired) electrons. The third-order valence-corrected chi connectivity index (χ3v) is 4.00. The predicted octanol–water partition coefficient (Wildman–Crippen LogP) is 0.603. The number of rotatable bonds is 5. The van der Waals surface area contributed by atoms with Gasteiger partial charge in [0.15, 0.2) is 0 Å². The molecule has 3 nitrogen and oxygen atoms in total. The monoisotopic (exact) mass is 219 g/mol. The van der Waals surface area contributed by atoms with Gasteiger partial charge >= 0.3 is 0 Å². The average Bonchev–Trinajstić information content (AvgIpc) is 2.26. The maximum absolute atomic E-state index is 9.23. The highest BCUT2D eigenvalue weighted by atomic mass is 32.2. The lowest BCUT2D eigenvalue weighted by Crippen LogP contribution is -2.44. The lowest BCUT2D eigenvalue weighted by molar-refractivity contribution is 0.0907. The number of thioether (sulfide) groups is 1. The quantitative estimate of drug-likeness (QED) is 0.634. The fourth-order valence-electron chi connectivity index (χ4n) is 1.96. The highest BCUT2D eigenvalue weighted by molar-refractivity contribution is 7.99. The molecule has 0 heterocycles. The average molecular weight is 219 g/mol. The second-order valence-electron chi connectivity index (χ2n) is 3.91. The van der Waals surface area contributed by atoms with E-state index in [4.69, 9.17) is 5.11 Å². The van der Waals surface area contributed by atoms with E-state index in [0.29, 0.717) is 17.8 Å². The third kappa shape index (κ3) is 3.77. The zero-order valence-electron chi connectivity index (χ0n) is 8.78. The van der Waals surface area contributed by atoms with Gasteiger partial charge in [0, 0.05) is 17.8 Å². The number of hydrogen-bond donors (Lipinski definition) is 3. The van der Waals surface area contributed by atoms with Crippen LogP contribution in [0.2, 0.25) is 0 Å². The third-order valence-electron chi connectivity index (χ3n) is 2.83. The molecule has 84 valence electrons. The van der Waals surface area contributed by atoms with Crippen LogP contribution in [0, 0.1) is 0 Å². The van der Waals surface area contributed by atoms with Crippen LogP contribution >= 0.6 is 11.8 Å². The van der Waals surface area contributed by atoms with Crippen molar-refractivity contribution in [3.05, 3.63) is 0 Å². The summed E-state index contributed by atoms with van der Waals surface area (Å²) in [6, 6.07) is 0.514. The molecule has 0 aromatic carbocycles. The van der Waals surface area contributed by atoms with Gasteiger partial charge < -0.3 is 15.5 Å². The van der Waals surface area contributed by atoms with Crippen molar-refractivity contribution in [1.82, 2.24) is 5.32 Å². The molecule has 0 saturated heterocycles. The molecule has 1 fully saturated rings. The minimum absolute atomic E-state index is 0.149. The summed E-state index contributed by atoms with van der Waals surface area (Å²) in [5, 5.41) is 21.9.